The van der Waals surface area contributed by atoms with E-state index in [0.717, 1.165) is 11.1 Å². The van der Waals surface area contributed by atoms with Crippen LogP contribution in [0.15, 0.2) is 48.5 Å². The van der Waals surface area contributed by atoms with Crippen LogP contribution in [0.4, 0.5) is 8.78 Å². The molecule has 0 aliphatic rings. The smallest absolute Gasteiger partial charge is 0.288 e. The van der Waals surface area contributed by atoms with Gasteiger partial charge >= 0.3 is 6.43 Å². The molecule has 0 aliphatic carbocycles. The largest absolute Gasteiger partial charge is 0.300 e. The second kappa shape index (κ2) is 5.08. The van der Waals surface area contributed by atoms with Gasteiger partial charge < -0.3 is 0 Å². The van der Waals surface area contributed by atoms with Gasteiger partial charge in [0.25, 0.3) is 0 Å². The Hall–Kier alpha value is -2.03. The maximum Gasteiger partial charge on any atom is 0.300 e. The molecular formula is C15H12F2O. The Balaban J connectivity index is 2.52. The Morgan fingerprint density at radius 3 is 2.28 bits per heavy atom. The summed E-state index contributed by atoms with van der Waals surface area (Å²) < 4.78 is 25.0. The third-order valence-electron chi connectivity index (χ3n) is 2.88. The number of halogens is 2. The summed E-state index contributed by atoms with van der Waals surface area (Å²) in [7, 11) is 0. The van der Waals surface area contributed by atoms with E-state index in [1.807, 2.05) is 36.4 Å². The van der Waals surface area contributed by atoms with Crippen LogP contribution in [-0.2, 0) is 0 Å². The van der Waals surface area contributed by atoms with E-state index in [4.69, 9.17) is 0 Å². The molecule has 0 atom stereocenters. The molecule has 18 heavy (non-hydrogen) atoms. The molecule has 0 aliphatic heterocycles. The van der Waals surface area contributed by atoms with Gasteiger partial charge in [-0.3, -0.25) is 4.79 Å². The lowest BCUT2D eigenvalue weighted by atomic mass is 9.95. The van der Waals surface area contributed by atoms with Crippen molar-refractivity contribution in [3.8, 4) is 11.1 Å². The number of benzene rings is 2. The molecule has 1 nitrogen and oxygen atoms in total. The van der Waals surface area contributed by atoms with Gasteiger partial charge in [0.1, 0.15) is 0 Å². The lowest BCUT2D eigenvalue weighted by molar-refractivity contribution is 0.0678. The van der Waals surface area contributed by atoms with Crippen LogP contribution in [-0.4, -0.2) is 12.2 Å². The molecule has 0 fully saturated rings. The molecule has 0 spiro atoms. The summed E-state index contributed by atoms with van der Waals surface area (Å²) in [6, 6.07) is 14.3. The summed E-state index contributed by atoms with van der Waals surface area (Å²) >= 11 is 0. The van der Waals surface area contributed by atoms with Crippen LogP contribution in [0.3, 0.4) is 0 Å². The number of rotatable bonds is 3. The number of alkyl halides is 2. The highest BCUT2D eigenvalue weighted by Crippen LogP contribution is 2.26. The molecule has 0 bridgehead atoms. The fourth-order valence-corrected chi connectivity index (χ4v) is 1.95. The van der Waals surface area contributed by atoms with Crippen molar-refractivity contribution in [2.75, 3.05) is 0 Å². The van der Waals surface area contributed by atoms with Gasteiger partial charge in [-0.05, 0) is 23.6 Å². The van der Waals surface area contributed by atoms with E-state index < -0.39 is 12.2 Å². The highest BCUT2D eigenvalue weighted by Gasteiger charge is 2.20. The van der Waals surface area contributed by atoms with Crippen molar-refractivity contribution < 1.29 is 13.6 Å². The number of hydrogen-bond acceptors (Lipinski definition) is 1. The third-order valence-corrected chi connectivity index (χ3v) is 2.88. The average molecular weight is 246 g/mol. The number of hydrogen-bond donors (Lipinski definition) is 0. The zero-order valence-corrected chi connectivity index (χ0v) is 9.86. The Morgan fingerprint density at radius 1 is 1.00 bits per heavy atom. The first-order valence-electron chi connectivity index (χ1n) is 5.58. The van der Waals surface area contributed by atoms with Gasteiger partial charge in [-0.2, -0.15) is 0 Å². The molecule has 92 valence electrons. The van der Waals surface area contributed by atoms with Crippen LogP contribution >= 0.6 is 0 Å². The first-order valence-corrected chi connectivity index (χ1v) is 5.58. The molecule has 2 aromatic carbocycles. The first-order chi connectivity index (χ1) is 8.61. The molecule has 2 rings (SSSR count). The zero-order valence-electron chi connectivity index (χ0n) is 9.86. The van der Waals surface area contributed by atoms with E-state index in [1.165, 1.54) is 6.07 Å². The third kappa shape index (κ3) is 2.30. The van der Waals surface area contributed by atoms with Crippen molar-refractivity contribution in [3.63, 3.8) is 0 Å². The predicted octanol–water partition coefficient (Wildman–Crippen LogP) is 4.11. The molecule has 3 heteroatoms. The number of ketones is 1. The van der Waals surface area contributed by atoms with E-state index in [1.54, 1.807) is 13.0 Å². The van der Waals surface area contributed by atoms with E-state index in [2.05, 4.69) is 0 Å². The summed E-state index contributed by atoms with van der Waals surface area (Å²) in [5.41, 5.74) is 2.40. The van der Waals surface area contributed by atoms with E-state index in [9.17, 15) is 13.6 Å². The highest BCUT2D eigenvalue weighted by atomic mass is 19.3. The van der Waals surface area contributed by atoms with E-state index >= 15 is 0 Å². The summed E-state index contributed by atoms with van der Waals surface area (Å²) in [6.07, 6.45) is -2.96. The average Bonchev–Trinajstić information content (AvgIpc) is 2.39. The molecule has 0 aromatic heterocycles. The lowest BCUT2D eigenvalue weighted by Gasteiger charge is -2.10. The molecule has 0 amide bonds. The van der Waals surface area contributed by atoms with E-state index in [-0.39, 0.29) is 5.56 Å². The maximum atomic E-state index is 12.5. The number of carbonyl (C=O) groups excluding carboxylic acids is 1. The van der Waals surface area contributed by atoms with Crippen molar-refractivity contribution in [2.45, 2.75) is 13.3 Å². The Morgan fingerprint density at radius 2 is 1.67 bits per heavy atom. The van der Waals surface area contributed by atoms with Crippen molar-refractivity contribution >= 4 is 5.78 Å². The van der Waals surface area contributed by atoms with Gasteiger partial charge in [0.15, 0.2) is 0 Å². The van der Waals surface area contributed by atoms with Gasteiger partial charge in [-0.1, -0.05) is 48.5 Å². The lowest BCUT2D eigenvalue weighted by Crippen LogP contribution is -2.12. The molecule has 0 saturated heterocycles. The van der Waals surface area contributed by atoms with Gasteiger partial charge in [0.2, 0.25) is 5.78 Å². The predicted molar refractivity (Wildman–Crippen MR) is 66.9 cm³/mol. The summed E-state index contributed by atoms with van der Waals surface area (Å²) in [6.45, 7) is 1.69. The second-order valence-corrected chi connectivity index (χ2v) is 4.01. The molecule has 0 N–H and O–H groups in total. The SMILES string of the molecule is Cc1c(C(=O)C(F)F)cccc1-c1ccccc1. The monoisotopic (exact) mass is 246 g/mol. The molecule has 0 heterocycles. The minimum Gasteiger partial charge on any atom is -0.288 e. The highest BCUT2D eigenvalue weighted by molar-refractivity contribution is 6.01. The summed E-state index contributed by atoms with van der Waals surface area (Å²) in [5, 5.41) is 0. The Labute approximate surface area is 104 Å². The van der Waals surface area contributed by atoms with Crippen LogP contribution in [0.25, 0.3) is 11.1 Å². The van der Waals surface area contributed by atoms with Crippen molar-refractivity contribution in [1.82, 2.24) is 0 Å². The van der Waals surface area contributed by atoms with Gasteiger partial charge in [-0.15, -0.1) is 0 Å². The van der Waals surface area contributed by atoms with Crippen LogP contribution in [0.5, 0.6) is 0 Å². The van der Waals surface area contributed by atoms with Gasteiger partial charge in [-0.25, -0.2) is 8.78 Å². The Bertz CT molecular complexity index is 562. The van der Waals surface area contributed by atoms with Crippen molar-refractivity contribution in [3.05, 3.63) is 59.7 Å². The van der Waals surface area contributed by atoms with Crippen LogP contribution in [0.2, 0.25) is 0 Å². The van der Waals surface area contributed by atoms with Crippen molar-refractivity contribution in [2.24, 2.45) is 0 Å². The van der Waals surface area contributed by atoms with Gasteiger partial charge in [0.05, 0.1) is 0 Å². The van der Waals surface area contributed by atoms with Crippen molar-refractivity contribution in [1.29, 1.82) is 0 Å². The number of carbonyl (C=O) groups is 1. The molecule has 2 aromatic rings. The molecule has 0 saturated carbocycles. The van der Waals surface area contributed by atoms with Crippen LogP contribution < -0.4 is 0 Å². The number of Topliss-reactive ketones (excluding diaryl/α,β-unsaturated/α-hetero) is 1. The minimum atomic E-state index is -2.96. The molecular weight excluding hydrogens is 234 g/mol. The summed E-state index contributed by atoms with van der Waals surface area (Å²) in [5.74, 6) is -1.12. The van der Waals surface area contributed by atoms with Gasteiger partial charge in [0, 0.05) is 5.56 Å². The van der Waals surface area contributed by atoms with E-state index in [0.29, 0.717) is 5.56 Å². The Kier molecular flexibility index (Phi) is 3.51. The normalized spacial score (nSPS) is 10.7. The molecule has 0 radical (unpaired) electrons. The quantitative estimate of drug-likeness (QED) is 0.745. The fourth-order valence-electron chi connectivity index (χ4n) is 1.95. The summed E-state index contributed by atoms with van der Waals surface area (Å²) in [4.78, 5) is 11.4. The molecule has 0 unspecified atom stereocenters. The second-order valence-electron chi connectivity index (χ2n) is 4.01. The maximum absolute atomic E-state index is 12.5. The first kappa shape index (κ1) is 12.4. The topological polar surface area (TPSA) is 17.1 Å². The minimum absolute atomic E-state index is 0.0892. The standard InChI is InChI=1S/C15H12F2O/c1-10-12(11-6-3-2-4-7-11)8-5-9-13(10)14(18)15(16)17/h2-9,15H,1H3. The van der Waals surface area contributed by atoms with Crippen LogP contribution in [0, 0.1) is 6.92 Å². The van der Waals surface area contributed by atoms with Crippen LogP contribution in [0.1, 0.15) is 15.9 Å². The zero-order chi connectivity index (χ0) is 13.1. The fraction of sp³-hybridized carbons (Fsp3) is 0.133.